The minimum atomic E-state index is -0.364. The lowest BCUT2D eigenvalue weighted by molar-refractivity contribution is 0.262. The van der Waals surface area contributed by atoms with E-state index in [1.807, 2.05) is 29.8 Å². The number of benzene rings is 2. The van der Waals surface area contributed by atoms with E-state index >= 15 is 0 Å². The molecule has 0 saturated carbocycles. The number of carbonyl (C=O) groups excluding carboxylic acids is 1. The summed E-state index contributed by atoms with van der Waals surface area (Å²) in [5, 5.41) is 8.86. The number of amides is 2. The predicted molar refractivity (Wildman–Crippen MR) is 99.6 cm³/mol. The highest BCUT2D eigenvalue weighted by Crippen LogP contribution is 2.18. The first kappa shape index (κ1) is 16.3. The van der Waals surface area contributed by atoms with Crippen molar-refractivity contribution >= 4 is 44.2 Å². The van der Waals surface area contributed by atoms with Gasteiger partial charge in [0, 0.05) is 22.4 Å². The van der Waals surface area contributed by atoms with Crippen molar-refractivity contribution in [3.8, 4) is 0 Å². The lowest BCUT2D eigenvalue weighted by Crippen LogP contribution is -2.19. The van der Waals surface area contributed by atoms with Crippen molar-refractivity contribution in [2.75, 3.05) is 10.6 Å². The normalized spacial score (nSPS) is 10.8. The van der Waals surface area contributed by atoms with Crippen LogP contribution in [-0.4, -0.2) is 15.8 Å². The van der Waals surface area contributed by atoms with Crippen LogP contribution in [0.5, 0.6) is 0 Å². The Balaban J connectivity index is 1.79. The summed E-state index contributed by atoms with van der Waals surface area (Å²) in [5.74, 6) is 0. The molecule has 2 amide bonds. The number of carbonyl (C=O) groups is 1. The molecule has 0 radical (unpaired) electrons. The van der Waals surface area contributed by atoms with Crippen molar-refractivity contribution in [3.05, 3.63) is 57.3 Å². The van der Waals surface area contributed by atoms with Crippen LogP contribution >= 0.6 is 15.9 Å². The zero-order valence-corrected chi connectivity index (χ0v) is 14.7. The van der Waals surface area contributed by atoms with Crippen LogP contribution in [-0.2, 0) is 6.54 Å². The van der Waals surface area contributed by atoms with Gasteiger partial charge in [0.2, 0.25) is 0 Å². The second-order valence-corrected chi connectivity index (χ2v) is 6.33. The fraction of sp³-hybridized carbons (Fsp3) is 0.176. The molecule has 0 spiro atoms. The second-order valence-electron chi connectivity index (χ2n) is 5.41. The molecule has 7 heteroatoms. The number of nitrogens with one attached hydrogen (secondary N) is 3. The van der Waals surface area contributed by atoms with E-state index in [0.717, 1.165) is 23.0 Å². The molecular weight excluding hydrogens is 372 g/mol. The van der Waals surface area contributed by atoms with Gasteiger partial charge in [-0.05, 0) is 42.8 Å². The van der Waals surface area contributed by atoms with Gasteiger partial charge in [-0.1, -0.05) is 28.9 Å². The number of fused-ring (bicyclic) bond motifs is 1. The Bertz CT molecular complexity index is 945. The Morgan fingerprint density at radius 2 is 1.92 bits per heavy atom. The van der Waals surface area contributed by atoms with E-state index < -0.39 is 0 Å². The van der Waals surface area contributed by atoms with Crippen molar-refractivity contribution in [1.82, 2.24) is 9.78 Å². The molecule has 6 nitrogen and oxygen atoms in total. The van der Waals surface area contributed by atoms with Crippen LogP contribution in [0.4, 0.5) is 16.2 Å². The predicted octanol–water partition coefficient (Wildman–Crippen LogP) is 4.15. The number of aryl methyl sites for hydroxylation is 1. The topological polar surface area (TPSA) is 78.9 Å². The molecule has 0 aliphatic rings. The van der Waals surface area contributed by atoms with Crippen LogP contribution in [0, 0.1) is 0 Å². The van der Waals surface area contributed by atoms with E-state index in [4.69, 9.17) is 0 Å². The van der Waals surface area contributed by atoms with Gasteiger partial charge >= 0.3 is 6.03 Å². The third kappa shape index (κ3) is 3.51. The minimum absolute atomic E-state index is 0.158. The lowest BCUT2D eigenvalue weighted by Gasteiger charge is -2.08. The second kappa shape index (κ2) is 6.92. The average Bonchev–Trinajstić information content (AvgIpc) is 2.83. The maximum Gasteiger partial charge on any atom is 0.323 e. The fourth-order valence-electron chi connectivity index (χ4n) is 2.53. The quantitative estimate of drug-likeness (QED) is 0.627. The number of rotatable bonds is 4. The van der Waals surface area contributed by atoms with E-state index in [-0.39, 0.29) is 11.6 Å². The van der Waals surface area contributed by atoms with Crippen LogP contribution in [0.3, 0.4) is 0 Å². The standard InChI is InChI=1S/C17H17BrN4O2/c1-2-8-22-15-7-6-13(10-14(15)16(23)21-22)20-17(24)19-12-5-3-4-11(18)9-12/h3-7,9-10H,2,8H2,1H3,(H,21,23)(H2,19,20,24). The molecule has 0 bridgehead atoms. The number of aromatic nitrogens is 2. The zero-order valence-electron chi connectivity index (χ0n) is 13.1. The number of hydrogen-bond acceptors (Lipinski definition) is 2. The molecule has 0 aliphatic heterocycles. The monoisotopic (exact) mass is 388 g/mol. The lowest BCUT2D eigenvalue weighted by atomic mass is 10.2. The summed E-state index contributed by atoms with van der Waals surface area (Å²) in [7, 11) is 0. The molecule has 0 atom stereocenters. The molecule has 1 aromatic heterocycles. The van der Waals surface area contributed by atoms with E-state index in [1.165, 1.54) is 0 Å². The van der Waals surface area contributed by atoms with Gasteiger partial charge in [-0.25, -0.2) is 4.79 Å². The molecule has 3 N–H and O–H groups in total. The van der Waals surface area contributed by atoms with Crippen LogP contribution in [0.25, 0.3) is 10.9 Å². The highest BCUT2D eigenvalue weighted by atomic mass is 79.9. The molecule has 0 aliphatic carbocycles. The van der Waals surface area contributed by atoms with Gasteiger partial charge in [0.1, 0.15) is 0 Å². The van der Waals surface area contributed by atoms with Crippen LogP contribution < -0.4 is 16.2 Å². The van der Waals surface area contributed by atoms with Crippen molar-refractivity contribution in [2.45, 2.75) is 19.9 Å². The smallest absolute Gasteiger partial charge is 0.308 e. The van der Waals surface area contributed by atoms with E-state index in [0.29, 0.717) is 16.8 Å². The van der Waals surface area contributed by atoms with Crippen molar-refractivity contribution in [2.24, 2.45) is 0 Å². The van der Waals surface area contributed by atoms with Crippen molar-refractivity contribution in [1.29, 1.82) is 0 Å². The van der Waals surface area contributed by atoms with Crippen LogP contribution in [0.15, 0.2) is 51.7 Å². The maximum atomic E-state index is 12.1. The SMILES string of the molecule is CCCn1[nH]c(=O)c2cc(NC(=O)Nc3cccc(Br)c3)ccc21. The van der Waals surface area contributed by atoms with Crippen LogP contribution in [0.1, 0.15) is 13.3 Å². The van der Waals surface area contributed by atoms with Gasteiger partial charge in [0.25, 0.3) is 5.56 Å². The summed E-state index contributed by atoms with van der Waals surface area (Å²) in [5.41, 5.74) is 1.92. The first-order valence-corrected chi connectivity index (χ1v) is 8.42. The third-order valence-electron chi connectivity index (χ3n) is 3.56. The van der Waals surface area contributed by atoms with Gasteiger partial charge in [-0.2, -0.15) is 0 Å². The first-order valence-electron chi connectivity index (χ1n) is 7.63. The molecule has 2 aromatic carbocycles. The molecule has 1 heterocycles. The number of anilines is 2. The fourth-order valence-corrected chi connectivity index (χ4v) is 2.93. The van der Waals surface area contributed by atoms with Gasteiger partial charge in [-0.15, -0.1) is 0 Å². The molecule has 0 fully saturated rings. The zero-order chi connectivity index (χ0) is 17.1. The summed E-state index contributed by atoms with van der Waals surface area (Å²) in [4.78, 5) is 24.1. The maximum absolute atomic E-state index is 12.1. The van der Waals surface area contributed by atoms with Gasteiger partial charge in [0.05, 0.1) is 10.9 Å². The summed E-state index contributed by atoms with van der Waals surface area (Å²) in [6, 6.07) is 12.2. The van der Waals surface area contributed by atoms with Crippen molar-refractivity contribution in [3.63, 3.8) is 0 Å². The molecule has 0 unspecified atom stereocenters. The Morgan fingerprint density at radius 1 is 1.17 bits per heavy atom. The first-order chi connectivity index (χ1) is 11.6. The molecule has 0 saturated heterocycles. The number of halogens is 1. The summed E-state index contributed by atoms with van der Waals surface area (Å²) < 4.78 is 2.70. The van der Waals surface area contributed by atoms with Crippen molar-refractivity contribution < 1.29 is 4.79 Å². The Labute approximate surface area is 147 Å². The van der Waals surface area contributed by atoms with Gasteiger partial charge < -0.3 is 10.6 Å². The van der Waals surface area contributed by atoms with Crippen LogP contribution in [0.2, 0.25) is 0 Å². The highest BCUT2D eigenvalue weighted by Gasteiger charge is 2.09. The Morgan fingerprint density at radius 3 is 2.62 bits per heavy atom. The highest BCUT2D eigenvalue weighted by molar-refractivity contribution is 9.10. The molecular formula is C17H17BrN4O2. The molecule has 124 valence electrons. The average molecular weight is 389 g/mol. The van der Waals surface area contributed by atoms with E-state index in [2.05, 4.69) is 31.7 Å². The van der Waals surface area contributed by atoms with E-state index in [9.17, 15) is 9.59 Å². The number of nitrogens with zero attached hydrogens (tertiary/aromatic N) is 1. The third-order valence-corrected chi connectivity index (χ3v) is 4.05. The Hall–Kier alpha value is -2.54. The number of hydrogen-bond donors (Lipinski definition) is 3. The van der Waals surface area contributed by atoms with Gasteiger partial charge in [0.15, 0.2) is 0 Å². The minimum Gasteiger partial charge on any atom is -0.308 e. The number of urea groups is 1. The summed E-state index contributed by atoms with van der Waals surface area (Å²) in [6.45, 7) is 2.79. The largest absolute Gasteiger partial charge is 0.323 e. The molecule has 3 aromatic rings. The van der Waals surface area contributed by atoms with E-state index in [1.54, 1.807) is 24.3 Å². The number of H-pyrrole nitrogens is 1. The Kier molecular flexibility index (Phi) is 4.71. The summed E-state index contributed by atoms with van der Waals surface area (Å²) >= 11 is 3.36. The molecule has 24 heavy (non-hydrogen) atoms. The van der Waals surface area contributed by atoms with Gasteiger partial charge in [-0.3, -0.25) is 14.6 Å². The number of aromatic amines is 1. The summed E-state index contributed by atoms with van der Waals surface area (Å²) in [6.07, 6.45) is 0.925. The molecule has 3 rings (SSSR count).